The van der Waals surface area contributed by atoms with Crippen molar-refractivity contribution in [1.29, 1.82) is 0 Å². The Kier molecular flexibility index (Phi) is 5.97. The smallest absolute Gasteiger partial charge is 0.246 e. The highest BCUT2D eigenvalue weighted by atomic mass is 32.2. The second-order valence-electron chi connectivity index (χ2n) is 8.77. The summed E-state index contributed by atoms with van der Waals surface area (Å²) in [5, 5.41) is 6.71. The molecule has 0 saturated carbocycles. The normalized spacial score (nSPS) is 19.7. The van der Waals surface area contributed by atoms with Crippen molar-refractivity contribution in [3.05, 3.63) is 52.8 Å². The highest BCUT2D eigenvalue weighted by Crippen LogP contribution is 2.31. The largest absolute Gasteiger partial charge is 0.490 e. The number of rotatable bonds is 7. The van der Waals surface area contributed by atoms with Crippen molar-refractivity contribution in [3.8, 4) is 5.75 Å². The fourth-order valence-corrected chi connectivity index (χ4v) is 6.13. The van der Waals surface area contributed by atoms with Gasteiger partial charge in [-0.3, -0.25) is 4.98 Å². The summed E-state index contributed by atoms with van der Waals surface area (Å²) in [6.07, 6.45) is 5.22. The van der Waals surface area contributed by atoms with Crippen LogP contribution in [0.15, 0.2) is 35.4 Å². The predicted octanol–water partition coefficient (Wildman–Crippen LogP) is 2.05. The van der Waals surface area contributed by atoms with Crippen LogP contribution < -0.4 is 15.4 Å². The van der Waals surface area contributed by atoms with E-state index in [1.54, 1.807) is 12.3 Å². The first-order chi connectivity index (χ1) is 15.1. The Hall–Kier alpha value is -2.00. The molecule has 2 aromatic rings. The van der Waals surface area contributed by atoms with Crippen molar-refractivity contribution in [3.63, 3.8) is 0 Å². The molecule has 3 aliphatic rings. The van der Waals surface area contributed by atoms with Crippen LogP contribution in [0.5, 0.6) is 5.75 Å². The first-order valence-corrected chi connectivity index (χ1v) is 12.7. The molecule has 0 amide bonds. The third-order valence-electron chi connectivity index (χ3n) is 6.54. The number of hydrogen-bond acceptors (Lipinski definition) is 6. The van der Waals surface area contributed by atoms with E-state index in [1.807, 2.05) is 0 Å². The molecule has 0 unspecified atom stereocenters. The summed E-state index contributed by atoms with van der Waals surface area (Å²) in [4.78, 5) is 4.83. The molecule has 3 aliphatic heterocycles. The zero-order valence-corrected chi connectivity index (χ0v) is 18.6. The van der Waals surface area contributed by atoms with Crippen molar-refractivity contribution in [2.75, 3.05) is 32.8 Å². The van der Waals surface area contributed by atoms with E-state index in [-0.39, 0.29) is 4.90 Å². The van der Waals surface area contributed by atoms with Crippen LogP contribution >= 0.6 is 0 Å². The molecule has 4 heterocycles. The van der Waals surface area contributed by atoms with E-state index in [2.05, 4.69) is 33.8 Å². The average molecular weight is 443 g/mol. The third kappa shape index (κ3) is 4.48. The number of sulfonamides is 1. The maximum atomic E-state index is 13.2. The molecule has 2 saturated heterocycles. The summed E-state index contributed by atoms with van der Waals surface area (Å²) in [7, 11) is -3.56. The summed E-state index contributed by atoms with van der Waals surface area (Å²) < 4.78 is 34.1. The summed E-state index contributed by atoms with van der Waals surface area (Å²) in [6, 6.07) is 8.18. The highest BCUT2D eigenvalue weighted by Gasteiger charge is 2.32. The van der Waals surface area contributed by atoms with Crippen LogP contribution in [0, 0.1) is 5.92 Å². The second-order valence-corrected chi connectivity index (χ2v) is 10.7. The first kappa shape index (κ1) is 20.9. The molecule has 5 rings (SSSR count). The minimum Gasteiger partial charge on any atom is -0.490 e. The number of nitrogens with zero attached hydrogens (tertiary/aromatic N) is 2. The zero-order valence-electron chi connectivity index (χ0n) is 17.8. The van der Waals surface area contributed by atoms with Crippen molar-refractivity contribution in [2.24, 2.45) is 5.92 Å². The number of nitrogens with one attached hydrogen (secondary N) is 2. The van der Waals surface area contributed by atoms with Crippen LogP contribution in [-0.2, 0) is 29.5 Å². The quantitative estimate of drug-likeness (QED) is 0.683. The summed E-state index contributed by atoms with van der Waals surface area (Å²) in [6.45, 7) is 5.45. The third-order valence-corrected chi connectivity index (χ3v) is 8.46. The summed E-state index contributed by atoms with van der Waals surface area (Å²) in [5.41, 5.74) is 4.54. The minimum absolute atomic E-state index is 0.258. The molecule has 1 aromatic heterocycles. The van der Waals surface area contributed by atoms with Crippen LogP contribution in [-0.4, -0.2) is 50.5 Å². The van der Waals surface area contributed by atoms with Gasteiger partial charge in [0.1, 0.15) is 4.90 Å². The molecule has 166 valence electrons. The highest BCUT2D eigenvalue weighted by molar-refractivity contribution is 7.89. The van der Waals surface area contributed by atoms with E-state index >= 15 is 0 Å². The number of ether oxygens (including phenoxy) is 1. The van der Waals surface area contributed by atoms with Crippen molar-refractivity contribution < 1.29 is 13.2 Å². The molecule has 2 N–H and O–H groups in total. The topological polar surface area (TPSA) is 83.6 Å². The van der Waals surface area contributed by atoms with Crippen LogP contribution in [0.1, 0.15) is 41.6 Å². The van der Waals surface area contributed by atoms with Gasteiger partial charge in [0, 0.05) is 38.3 Å². The van der Waals surface area contributed by atoms with Gasteiger partial charge in [0.25, 0.3) is 0 Å². The molecule has 0 atom stereocenters. The maximum absolute atomic E-state index is 13.2. The lowest BCUT2D eigenvalue weighted by Crippen LogP contribution is -2.42. The molecule has 1 aromatic carbocycles. The van der Waals surface area contributed by atoms with Gasteiger partial charge in [-0.05, 0) is 61.0 Å². The average Bonchev–Trinajstić information content (AvgIpc) is 3.20. The monoisotopic (exact) mass is 442 g/mol. The minimum atomic E-state index is -3.56. The number of hydrogen-bond donors (Lipinski definition) is 2. The molecule has 2 fully saturated rings. The van der Waals surface area contributed by atoms with E-state index in [0.717, 1.165) is 56.7 Å². The first-order valence-electron chi connectivity index (χ1n) is 11.2. The van der Waals surface area contributed by atoms with Gasteiger partial charge in [-0.25, -0.2) is 8.42 Å². The standard InChI is InChI=1S/C23H30N4O3S/c28-31(29,27-8-1-9-27)23-12-21(11-18-2-3-19-13-25-14-20(19)10-18)26-15-22(23)30-16-17-4-6-24-7-5-17/h2-3,10,12,15,17,24-25H,1,4-9,11,13-14,16H2. The number of benzene rings is 1. The van der Waals surface area contributed by atoms with Crippen LogP contribution in [0.25, 0.3) is 0 Å². The number of pyridine rings is 1. The van der Waals surface area contributed by atoms with E-state index in [4.69, 9.17) is 4.74 Å². The SMILES string of the molecule is O=S(=O)(c1cc(Cc2ccc3c(c2)CNC3)ncc1OCC1CCNCC1)N1CCC1. The molecule has 8 heteroatoms. The molecule has 0 spiro atoms. The Morgan fingerprint density at radius 1 is 1.06 bits per heavy atom. The lowest BCUT2D eigenvalue weighted by molar-refractivity contribution is 0.209. The van der Waals surface area contributed by atoms with Gasteiger partial charge in [0.15, 0.2) is 5.75 Å². The van der Waals surface area contributed by atoms with Gasteiger partial charge in [-0.2, -0.15) is 4.31 Å². The molecule has 0 aliphatic carbocycles. The lowest BCUT2D eigenvalue weighted by atomic mass is 9.99. The fraction of sp³-hybridized carbons (Fsp3) is 0.522. The maximum Gasteiger partial charge on any atom is 0.246 e. The van der Waals surface area contributed by atoms with E-state index in [0.29, 0.717) is 37.8 Å². The van der Waals surface area contributed by atoms with Crippen molar-refractivity contribution >= 4 is 10.0 Å². The fourth-order valence-electron chi connectivity index (χ4n) is 4.46. The van der Waals surface area contributed by atoms with E-state index in [9.17, 15) is 8.42 Å². The van der Waals surface area contributed by atoms with Crippen LogP contribution in [0.4, 0.5) is 0 Å². The molecule has 0 bridgehead atoms. The summed E-state index contributed by atoms with van der Waals surface area (Å²) in [5.74, 6) is 0.827. The van der Waals surface area contributed by atoms with Gasteiger partial charge in [-0.1, -0.05) is 18.2 Å². The second kappa shape index (κ2) is 8.86. The number of piperidine rings is 1. The van der Waals surface area contributed by atoms with Crippen molar-refractivity contribution in [2.45, 2.75) is 43.7 Å². The zero-order chi connectivity index (χ0) is 21.3. The van der Waals surface area contributed by atoms with Gasteiger partial charge in [-0.15, -0.1) is 0 Å². The Morgan fingerprint density at radius 3 is 2.65 bits per heavy atom. The Balaban J connectivity index is 1.40. The van der Waals surface area contributed by atoms with Gasteiger partial charge < -0.3 is 15.4 Å². The number of fused-ring (bicyclic) bond motifs is 1. The van der Waals surface area contributed by atoms with Gasteiger partial charge in [0.05, 0.1) is 12.8 Å². The van der Waals surface area contributed by atoms with E-state index < -0.39 is 10.0 Å². The van der Waals surface area contributed by atoms with Crippen LogP contribution in [0.2, 0.25) is 0 Å². The summed E-state index contributed by atoms with van der Waals surface area (Å²) >= 11 is 0. The molecular formula is C23H30N4O3S. The van der Waals surface area contributed by atoms with Crippen LogP contribution in [0.3, 0.4) is 0 Å². The predicted molar refractivity (Wildman–Crippen MR) is 118 cm³/mol. The van der Waals surface area contributed by atoms with Crippen molar-refractivity contribution in [1.82, 2.24) is 19.9 Å². The lowest BCUT2D eigenvalue weighted by Gasteiger charge is -2.30. The Labute approximate surface area is 184 Å². The van der Waals surface area contributed by atoms with Gasteiger partial charge >= 0.3 is 0 Å². The molecule has 7 nitrogen and oxygen atoms in total. The van der Waals surface area contributed by atoms with Gasteiger partial charge in [0.2, 0.25) is 10.0 Å². The molecular weight excluding hydrogens is 412 g/mol. The molecule has 31 heavy (non-hydrogen) atoms. The Morgan fingerprint density at radius 2 is 1.87 bits per heavy atom. The number of aromatic nitrogens is 1. The van der Waals surface area contributed by atoms with E-state index in [1.165, 1.54) is 15.4 Å². The molecule has 0 radical (unpaired) electrons. The Bertz CT molecular complexity index is 1050.